The van der Waals surface area contributed by atoms with Gasteiger partial charge in [0.1, 0.15) is 24.2 Å². The minimum Gasteiger partial charge on any atom is -0.487 e. The molecule has 2 aliphatic heterocycles. The number of aliphatic carboxylic acids is 1. The van der Waals surface area contributed by atoms with Crippen LogP contribution >= 0.6 is 11.6 Å². The Labute approximate surface area is 249 Å². The van der Waals surface area contributed by atoms with Crippen LogP contribution in [0.3, 0.4) is 0 Å². The van der Waals surface area contributed by atoms with E-state index in [1.165, 1.54) is 7.05 Å². The smallest absolute Gasteiger partial charge is 0.310 e. The maximum Gasteiger partial charge on any atom is 0.310 e. The van der Waals surface area contributed by atoms with E-state index in [0.29, 0.717) is 48.4 Å². The topological polar surface area (TPSA) is 142 Å². The third-order valence-electron chi connectivity index (χ3n) is 8.84. The van der Waals surface area contributed by atoms with E-state index in [1.54, 1.807) is 28.9 Å². The largest absolute Gasteiger partial charge is 0.487 e. The number of halogens is 3. The second kappa shape index (κ2) is 11.9. The van der Waals surface area contributed by atoms with Gasteiger partial charge in [0, 0.05) is 37.1 Å². The highest BCUT2D eigenvalue weighted by atomic mass is 35.5. The molecule has 1 unspecified atom stereocenters. The number of benzene rings is 1. The Balaban J connectivity index is 1.82. The predicted molar refractivity (Wildman–Crippen MR) is 152 cm³/mol. The zero-order valence-corrected chi connectivity index (χ0v) is 25.2. The number of ether oxygens (including phenoxy) is 1. The minimum absolute atomic E-state index is 0.171. The molecule has 0 bridgehead atoms. The normalized spacial score (nSPS) is 26.2. The summed E-state index contributed by atoms with van der Waals surface area (Å²) in [5.74, 6) is 3.47. The Bertz CT molecular complexity index is 1280. The van der Waals surface area contributed by atoms with Gasteiger partial charge in [-0.1, -0.05) is 38.3 Å². The van der Waals surface area contributed by atoms with Crippen LogP contribution in [0.1, 0.15) is 70.2 Å². The van der Waals surface area contributed by atoms with Crippen LogP contribution in [-0.2, 0) is 20.8 Å². The summed E-state index contributed by atoms with van der Waals surface area (Å²) in [4.78, 5) is 43.4. The second-order valence-electron chi connectivity index (χ2n) is 12.6. The molecule has 0 aromatic heterocycles. The van der Waals surface area contributed by atoms with E-state index < -0.39 is 42.2 Å². The van der Waals surface area contributed by atoms with E-state index in [1.807, 2.05) is 13.8 Å². The van der Waals surface area contributed by atoms with Crippen molar-refractivity contribution in [3.8, 4) is 5.75 Å². The SMILES string of the molecule is CN(N)/C(=C(\N)COc1ccc(Cl)c2c1C(N1CC(C)(C)CC1=O)N(C(=O)[C@@H]1CCCC[C@]1(C)C(=O)O)CC2)C(F)F. The minimum atomic E-state index is -2.94. The molecule has 1 aromatic rings. The fourth-order valence-corrected chi connectivity index (χ4v) is 6.88. The summed E-state index contributed by atoms with van der Waals surface area (Å²) in [7, 11) is 1.24. The lowest BCUT2D eigenvalue weighted by Gasteiger charge is -2.47. The molecule has 2 heterocycles. The molecule has 0 spiro atoms. The van der Waals surface area contributed by atoms with Gasteiger partial charge in [-0.05, 0) is 49.3 Å². The first kappa shape index (κ1) is 31.8. The molecule has 4 rings (SSSR count). The van der Waals surface area contributed by atoms with E-state index >= 15 is 0 Å². The number of fused-ring (bicyclic) bond motifs is 1. The Morgan fingerprint density at radius 1 is 1.26 bits per heavy atom. The van der Waals surface area contributed by atoms with Gasteiger partial charge in [0.05, 0.1) is 17.0 Å². The van der Waals surface area contributed by atoms with Gasteiger partial charge in [0.2, 0.25) is 11.8 Å². The van der Waals surface area contributed by atoms with E-state index in [9.17, 15) is 28.3 Å². The molecule has 13 heteroatoms. The Hall–Kier alpha value is -3.12. The summed E-state index contributed by atoms with van der Waals surface area (Å²) >= 11 is 6.64. The van der Waals surface area contributed by atoms with Gasteiger partial charge < -0.3 is 30.4 Å². The first-order valence-corrected chi connectivity index (χ1v) is 14.5. The molecule has 0 radical (unpaired) electrons. The monoisotopic (exact) mass is 611 g/mol. The van der Waals surface area contributed by atoms with E-state index in [4.69, 9.17) is 27.9 Å². The average molecular weight is 612 g/mol. The van der Waals surface area contributed by atoms with Gasteiger partial charge in [-0.25, -0.2) is 14.6 Å². The molecular weight excluding hydrogens is 572 g/mol. The fourth-order valence-electron chi connectivity index (χ4n) is 6.62. The number of amides is 2. The quantitative estimate of drug-likeness (QED) is 0.297. The number of carbonyl (C=O) groups excluding carboxylic acids is 2. The van der Waals surface area contributed by atoms with Crippen LogP contribution in [0.2, 0.25) is 5.02 Å². The summed E-state index contributed by atoms with van der Waals surface area (Å²) in [5.41, 5.74) is 4.59. The fraction of sp³-hybridized carbons (Fsp3) is 0.621. The van der Waals surface area contributed by atoms with Gasteiger partial charge in [-0.15, -0.1) is 0 Å². The molecule has 1 saturated carbocycles. The highest BCUT2D eigenvalue weighted by Crippen LogP contribution is 2.49. The second-order valence-corrected chi connectivity index (χ2v) is 13.0. The summed E-state index contributed by atoms with van der Waals surface area (Å²) < 4.78 is 33.2. The molecule has 232 valence electrons. The molecule has 2 amide bonds. The number of allylic oxidation sites excluding steroid dienone is 1. The number of carboxylic acids is 1. The summed E-state index contributed by atoms with van der Waals surface area (Å²) in [6.07, 6.45) is -1.07. The number of likely N-dealkylation sites (tertiary alicyclic amines) is 1. The lowest BCUT2D eigenvalue weighted by atomic mass is 9.66. The number of hydrogen-bond donors (Lipinski definition) is 3. The number of rotatable bonds is 8. The first-order valence-electron chi connectivity index (χ1n) is 14.1. The molecule has 5 N–H and O–H groups in total. The highest BCUT2D eigenvalue weighted by molar-refractivity contribution is 6.31. The van der Waals surface area contributed by atoms with Crippen molar-refractivity contribution in [2.75, 3.05) is 26.7 Å². The number of hydrogen-bond acceptors (Lipinski definition) is 7. The van der Waals surface area contributed by atoms with Crippen molar-refractivity contribution in [2.45, 2.75) is 71.9 Å². The lowest BCUT2D eigenvalue weighted by Crippen LogP contribution is -2.54. The predicted octanol–water partition coefficient (Wildman–Crippen LogP) is 3.88. The zero-order chi connectivity index (χ0) is 31.1. The maximum atomic E-state index is 14.3. The molecule has 1 saturated heterocycles. The van der Waals surface area contributed by atoms with Crippen molar-refractivity contribution >= 4 is 29.4 Å². The van der Waals surface area contributed by atoms with E-state index in [0.717, 1.165) is 11.4 Å². The molecule has 3 aliphatic rings. The molecule has 1 aromatic carbocycles. The Morgan fingerprint density at radius 2 is 1.95 bits per heavy atom. The van der Waals surface area contributed by atoms with Crippen LogP contribution in [-0.4, -0.2) is 70.9 Å². The molecule has 3 atom stereocenters. The molecular formula is C29H40ClF2N5O5. The van der Waals surface area contributed by atoms with Crippen molar-refractivity contribution in [3.63, 3.8) is 0 Å². The van der Waals surface area contributed by atoms with Gasteiger partial charge >= 0.3 is 5.97 Å². The Morgan fingerprint density at radius 3 is 2.52 bits per heavy atom. The van der Waals surface area contributed by atoms with Crippen LogP contribution in [0.25, 0.3) is 0 Å². The number of nitrogens with zero attached hydrogens (tertiary/aromatic N) is 3. The summed E-state index contributed by atoms with van der Waals surface area (Å²) in [5, 5.41) is 11.3. The third-order valence-corrected chi connectivity index (χ3v) is 9.19. The van der Waals surface area contributed by atoms with Crippen molar-refractivity contribution in [1.82, 2.24) is 14.8 Å². The van der Waals surface area contributed by atoms with Crippen molar-refractivity contribution < 1.29 is 33.0 Å². The zero-order valence-electron chi connectivity index (χ0n) is 24.5. The van der Waals surface area contributed by atoms with Crippen LogP contribution in [0.5, 0.6) is 5.75 Å². The number of carbonyl (C=O) groups is 3. The van der Waals surface area contributed by atoms with Gasteiger partial charge in [0.15, 0.2) is 0 Å². The van der Waals surface area contributed by atoms with Crippen LogP contribution in [0.4, 0.5) is 8.78 Å². The van der Waals surface area contributed by atoms with Crippen molar-refractivity contribution in [2.24, 2.45) is 28.3 Å². The molecule has 1 aliphatic carbocycles. The first-order chi connectivity index (χ1) is 19.6. The van der Waals surface area contributed by atoms with Crippen molar-refractivity contribution in [1.29, 1.82) is 0 Å². The summed E-state index contributed by atoms with van der Waals surface area (Å²) in [6, 6.07) is 3.18. The molecule has 2 fully saturated rings. The third kappa shape index (κ3) is 5.88. The van der Waals surface area contributed by atoms with Gasteiger partial charge in [-0.2, -0.15) is 0 Å². The standard InChI is InChI=1S/C29H40ClF2N5O5/c1-28(2)13-21(38)37(15-28)25-22-16(10-12-36(25)26(39)17-7-5-6-11-29(17,3)27(40)41)18(30)8-9-20(22)42-14-19(33)23(24(31)32)35(4)34/h8-9,17,24-25H,5-7,10-15,33-34H2,1-4H3,(H,40,41)/b23-19-/t17-,25?,29-/m0/s1. The van der Waals surface area contributed by atoms with E-state index in [2.05, 4.69) is 0 Å². The lowest BCUT2D eigenvalue weighted by molar-refractivity contribution is -0.165. The summed E-state index contributed by atoms with van der Waals surface area (Å²) in [6.45, 7) is 5.64. The Kier molecular flexibility index (Phi) is 8.99. The van der Waals surface area contributed by atoms with Gasteiger partial charge in [0.25, 0.3) is 6.43 Å². The molecule has 42 heavy (non-hydrogen) atoms. The van der Waals surface area contributed by atoms with E-state index in [-0.39, 0.29) is 41.6 Å². The van der Waals surface area contributed by atoms with Gasteiger partial charge in [-0.3, -0.25) is 14.4 Å². The number of carboxylic acid groups (broad SMARTS) is 1. The van der Waals surface area contributed by atoms with Crippen LogP contribution < -0.4 is 16.3 Å². The highest BCUT2D eigenvalue weighted by Gasteiger charge is 2.52. The average Bonchev–Trinajstić information content (AvgIpc) is 3.18. The number of nitrogens with two attached hydrogens (primary N) is 2. The molecule has 10 nitrogen and oxygen atoms in total. The number of hydrazine groups is 1. The number of alkyl halides is 2. The van der Waals surface area contributed by atoms with Crippen molar-refractivity contribution in [3.05, 3.63) is 39.7 Å². The van der Waals surface area contributed by atoms with Crippen LogP contribution in [0.15, 0.2) is 23.5 Å². The maximum absolute atomic E-state index is 14.3. The van der Waals surface area contributed by atoms with Crippen LogP contribution in [0, 0.1) is 16.7 Å².